The number of ether oxygens (including phenoxy) is 1. The Morgan fingerprint density at radius 2 is 1.67 bits per heavy atom. The number of benzene rings is 2. The molecule has 3 saturated heterocycles. The number of carbonyl (C=O) groups is 1. The minimum absolute atomic E-state index is 0.0211. The van der Waals surface area contributed by atoms with Crippen molar-refractivity contribution < 1.29 is 9.53 Å². The highest BCUT2D eigenvalue weighted by Gasteiger charge is 2.42. The first-order valence-corrected chi connectivity index (χ1v) is 12.5. The van der Waals surface area contributed by atoms with Crippen LogP contribution in [-0.4, -0.2) is 73.2 Å². The van der Waals surface area contributed by atoms with Crippen LogP contribution < -0.4 is 4.90 Å². The van der Waals surface area contributed by atoms with Crippen LogP contribution in [0.25, 0.3) is 10.8 Å². The lowest BCUT2D eigenvalue weighted by Gasteiger charge is -2.41. The van der Waals surface area contributed by atoms with Crippen LogP contribution >= 0.6 is 0 Å². The molecule has 0 aromatic heterocycles. The Morgan fingerprint density at radius 3 is 2.33 bits per heavy atom. The van der Waals surface area contributed by atoms with E-state index in [1.165, 1.54) is 5.69 Å². The Hall–Kier alpha value is -2.62. The SMILES string of the molecule is CCN1CCN(CCC(=O)O[C@H]2C[C@H]3CC[C@@H](C2)N3c2ccc(C#N)c3ccccc23)CC1. The Bertz CT molecular complexity index is 1030. The normalized spacial score (nSPS) is 25.8. The van der Waals surface area contributed by atoms with Gasteiger partial charge in [-0.3, -0.25) is 4.79 Å². The minimum Gasteiger partial charge on any atom is -0.462 e. The van der Waals surface area contributed by atoms with Crippen molar-refractivity contribution in [2.24, 2.45) is 0 Å². The molecule has 3 aliphatic heterocycles. The average Bonchev–Trinajstić information content (AvgIpc) is 3.11. The monoisotopic (exact) mass is 446 g/mol. The molecule has 174 valence electrons. The fraction of sp³-hybridized carbons (Fsp3) is 0.556. The van der Waals surface area contributed by atoms with Crippen LogP contribution in [0.1, 0.15) is 44.6 Å². The highest BCUT2D eigenvalue weighted by atomic mass is 16.5. The number of likely N-dealkylation sites (N-methyl/N-ethyl adjacent to an activating group) is 1. The number of esters is 1. The van der Waals surface area contributed by atoms with Gasteiger partial charge in [-0.15, -0.1) is 0 Å². The summed E-state index contributed by atoms with van der Waals surface area (Å²) in [6.07, 6.45) is 4.57. The smallest absolute Gasteiger partial charge is 0.307 e. The zero-order chi connectivity index (χ0) is 22.8. The maximum atomic E-state index is 12.6. The first-order chi connectivity index (χ1) is 16.2. The second-order valence-corrected chi connectivity index (χ2v) is 9.69. The van der Waals surface area contributed by atoms with Gasteiger partial charge in [0.2, 0.25) is 0 Å². The van der Waals surface area contributed by atoms with Crippen molar-refractivity contribution >= 4 is 22.4 Å². The molecule has 5 rings (SSSR count). The van der Waals surface area contributed by atoms with Gasteiger partial charge in [-0.2, -0.15) is 5.26 Å². The molecule has 3 heterocycles. The van der Waals surface area contributed by atoms with Crippen LogP contribution in [-0.2, 0) is 9.53 Å². The first kappa shape index (κ1) is 22.2. The van der Waals surface area contributed by atoms with Crippen LogP contribution in [0.3, 0.4) is 0 Å². The summed E-state index contributed by atoms with van der Waals surface area (Å²) in [4.78, 5) is 20.0. The Morgan fingerprint density at radius 1 is 1.00 bits per heavy atom. The topological polar surface area (TPSA) is 59.8 Å². The maximum Gasteiger partial charge on any atom is 0.307 e. The number of nitrogens with zero attached hydrogens (tertiary/aromatic N) is 4. The minimum atomic E-state index is -0.0467. The predicted octanol–water partition coefficient (Wildman–Crippen LogP) is 3.78. The molecule has 6 nitrogen and oxygen atoms in total. The maximum absolute atomic E-state index is 12.6. The number of piperazine rings is 1. The van der Waals surface area contributed by atoms with E-state index in [1.807, 2.05) is 24.3 Å². The number of piperidine rings is 1. The van der Waals surface area contributed by atoms with E-state index in [1.54, 1.807) is 0 Å². The lowest BCUT2D eigenvalue weighted by Crippen LogP contribution is -2.47. The number of hydrogen-bond donors (Lipinski definition) is 0. The van der Waals surface area contributed by atoms with Crippen LogP contribution in [0.4, 0.5) is 5.69 Å². The lowest BCUT2D eigenvalue weighted by atomic mass is 9.96. The third-order valence-electron chi connectivity index (χ3n) is 7.83. The molecule has 0 spiro atoms. The third kappa shape index (κ3) is 4.58. The van der Waals surface area contributed by atoms with Crippen molar-refractivity contribution in [2.45, 2.75) is 57.2 Å². The fourth-order valence-electron chi connectivity index (χ4n) is 6.05. The average molecular weight is 447 g/mol. The second-order valence-electron chi connectivity index (χ2n) is 9.69. The van der Waals surface area contributed by atoms with Crippen molar-refractivity contribution in [3.8, 4) is 6.07 Å². The highest BCUT2D eigenvalue weighted by molar-refractivity contribution is 5.98. The van der Waals surface area contributed by atoms with Crippen LogP contribution in [0, 0.1) is 11.3 Å². The van der Waals surface area contributed by atoms with E-state index in [4.69, 9.17) is 4.74 Å². The molecule has 0 aliphatic carbocycles. The molecule has 2 aromatic carbocycles. The summed E-state index contributed by atoms with van der Waals surface area (Å²) in [5, 5.41) is 11.7. The Balaban J connectivity index is 1.20. The van der Waals surface area contributed by atoms with E-state index in [2.05, 4.69) is 39.8 Å². The van der Waals surface area contributed by atoms with Gasteiger partial charge in [0.1, 0.15) is 6.10 Å². The summed E-state index contributed by atoms with van der Waals surface area (Å²) in [6, 6.07) is 15.4. The summed E-state index contributed by atoms with van der Waals surface area (Å²) in [5.41, 5.74) is 1.94. The molecule has 0 amide bonds. The van der Waals surface area contributed by atoms with E-state index >= 15 is 0 Å². The van der Waals surface area contributed by atoms with Crippen molar-refractivity contribution in [2.75, 3.05) is 44.2 Å². The molecule has 2 bridgehead atoms. The van der Waals surface area contributed by atoms with Gasteiger partial charge in [-0.05, 0) is 31.5 Å². The quantitative estimate of drug-likeness (QED) is 0.630. The molecule has 33 heavy (non-hydrogen) atoms. The van der Waals surface area contributed by atoms with Crippen LogP contribution in [0.5, 0.6) is 0 Å². The molecule has 3 aliphatic rings. The standard InChI is InChI=1S/C27H34N4O2/c1-2-29-13-15-30(16-14-29)12-11-27(32)33-23-17-21-8-9-22(18-23)31(21)26-10-7-20(19-28)24-5-3-4-6-25(24)26/h3-7,10,21-23H,2,8-9,11-18H2,1H3/t21-,22+,23+. The molecule has 6 heteroatoms. The van der Waals surface area contributed by atoms with Gasteiger partial charge in [0.25, 0.3) is 0 Å². The van der Waals surface area contributed by atoms with Gasteiger partial charge in [0.15, 0.2) is 0 Å². The van der Waals surface area contributed by atoms with Gasteiger partial charge in [0.05, 0.1) is 18.1 Å². The number of hydrogen-bond acceptors (Lipinski definition) is 6. The van der Waals surface area contributed by atoms with Gasteiger partial charge in [0, 0.05) is 74.1 Å². The summed E-state index contributed by atoms with van der Waals surface area (Å²) < 4.78 is 5.97. The van der Waals surface area contributed by atoms with Crippen molar-refractivity contribution in [1.82, 2.24) is 9.80 Å². The molecular weight excluding hydrogens is 412 g/mol. The predicted molar refractivity (Wildman–Crippen MR) is 130 cm³/mol. The van der Waals surface area contributed by atoms with E-state index in [0.29, 0.717) is 18.5 Å². The molecule has 3 fully saturated rings. The molecule has 0 N–H and O–H groups in total. The Kier molecular flexibility index (Phi) is 6.52. The molecule has 3 atom stereocenters. The summed E-state index contributed by atoms with van der Waals surface area (Å²) in [6.45, 7) is 8.39. The second kappa shape index (κ2) is 9.70. The summed E-state index contributed by atoms with van der Waals surface area (Å²) in [7, 11) is 0. The van der Waals surface area contributed by atoms with E-state index < -0.39 is 0 Å². The zero-order valence-corrected chi connectivity index (χ0v) is 19.6. The van der Waals surface area contributed by atoms with Gasteiger partial charge < -0.3 is 19.4 Å². The first-order valence-electron chi connectivity index (χ1n) is 12.5. The number of carbonyl (C=O) groups excluding carboxylic acids is 1. The van der Waals surface area contributed by atoms with Crippen LogP contribution in [0.15, 0.2) is 36.4 Å². The van der Waals surface area contributed by atoms with Crippen LogP contribution in [0.2, 0.25) is 0 Å². The van der Waals surface area contributed by atoms with E-state index in [9.17, 15) is 10.1 Å². The van der Waals surface area contributed by atoms with Crippen molar-refractivity contribution in [3.05, 3.63) is 42.0 Å². The van der Waals surface area contributed by atoms with E-state index in [-0.39, 0.29) is 12.1 Å². The lowest BCUT2D eigenvalue weighted by molar-refractivity contribution is -0.151. The molecule has 0 radical (unpaired) electrons. The molecular formula is C27H34N4O2. The zero-order valence-electron chi connectivity index (χ0n) is 19.6. The van der Waals surface area contributed by atoms with Gasteiger partial charge >= 0.3 is 5.97 Å². The van der Waals surface area contributed by atoms with Gasteiger partial charge in [-0.1, -0.05) is 31.2 Å². The fourth-order valence-corrected chi connectivity index (χ4v) is 6.05. The molecule has 0 unspecified atom stereocenters. The van der Waals surface area contributed by atoms with Gasteiger partial charge in [-0.25, -0.2) is 0 Å². The molecule has 0 saturated carbocycles. The number of anilines is 1. The summed E-state index contributed by atoms with van der Waals surface area (Å²) in [5.74, 6) is -0.0467. The largest absolute Gasteiger partial charge is 0.462 e. The highest BCUT2D eigenvalue weighted by Crippen LogP contribution is 2.43. The number of fused-ring (bicyclic) bond motifs is 3. The van der Waals surface area contributed by atoms with E-state index in [0.717, 1.165) is 81.3 Å². The number of nitriles is 1. The van der Waals surface area contributed by atoms with Crippen molar-refractivity contribution in [3.63, 3.8) is 0 Å². The third-order valence-corrected chi connectivity index (χ3v) is 7.83. The summed E-state index contributed by atoms with van der Waals surface area (Å²) >= 11 is 0. The Labute approximate surface area is 196 Å². The van der Waals surface area contributed by atoms with Crippen molar-refractivity contribution in [1.29, 1.82) is 5.26 Å². The number of rotatable bonds is 6. The molecule has 2 aromatic rings.